The van der Waals surface area contributed by atoms with E-state index in [9.17, 15) is 0 Å². The molecule has 1 heterocycles. The van der Waals surface area contributed by atoms with Gasteiger partial charge in [0.15, 0.2) is 5.82 Å². The van der Waals surface area contributed by atoms with Gasteiger partial charge in [-0.05, 0) is 42.5 Å². The second kappa shape index (κ2) is 7.69. The molecule has 0 aliphatic rings. The number of nitrogens with zero attached hydrogens (tertiary/aromatic N) is 2. The Kier molecular flexibility index (Phi) is 5.13. The zero-order valence-electron chi connectivity index (χ0n) is 14.0. The summed E-state index contributed by atoms with van der Waals surface area (Å²) in [6, 6.07) is 24.6. The Balaban J connectivity index is 1.94. The molecule has 0 fully saturated rings. The van der Waals surface area contributed by atoms with Crippen molar-refractivity contribution in [2.75, 3.05) is 0 Å². The number of aromatic nitrogens is 2. The first kappa shape index (κ1) is 18.0. The van der Waals surface area contributed by atoms with Crippen LogP contribution in [0.4, 0.5) is 0 Å². The summed E-state index contributed by atoms with van der Waals surface area (Å²) in [6.07, 6.45) is 0. The molecule has 2 nitrogen and oxygen atoms in total. The van der Waals surface area contributed by atoms with Crippen molar-refractivity contribution in [3.8, 4) is 33.9 Å². The molecule has 3 aromatic carbocycles. The number of benzene rings is 3. The van der Waals surface area contributed by atoms with Gasteiger partial charge in [-0.15, -0.1) is 0 Å². The smallest absolute Gasteiger partial charge is 0.160 e. The third-order valence-corrected chi connectivity index (χ3v) is 4.76. The second-order valence-corrected chi connectivity index (χ2v) is 7.30. The van der Waals surface area contributed by atoms with Crippen molar-refractivity contribution in [1.82, 2.24) is 9.97 Å². The van der Waals surface area contributed by atoms with Crippen molar-refractivity contribution in [1.29, 1.82) is 0 Å². The average molecular weight is 412 g/mol. The van der Waals surface area contributed by atoms with Gasteiger partial charge in [-0.25, -0.2) is 9.97 Å². The van der Waals surface area contributed by atoms with Gasteiger partial charge in [-0.2, -0.15) is 0 Å². The van der Waals surface area contributed by atoms with E-state index in [-0.39, 0.29) is 0 Å². The lowest BCUT2D eigenvalue weighted by Gasteiger charge is -2.10. The van der Waals surface area contributed by atoms with E-state index in [1.807, 2.05) is 78.9 Å². The van der Waals surface area contributed by atoms with Crippen LogP contribution < -0.4 is 0 Å². The molecule has 132 valence electrons. The number of rotatable bonds is 3. The van der Waals surface area contributed by atoms with Crippen molar-refractivity contribution < 1.29 is 0 Å². The third-order valence-electron chi connectivity index (χ3n) is 4.05. The highest BCUT2D eigenvalue weighted by Gasteiger charge is 2.11. The van der Waals surface area contributed by atoms with Crippen LogP contribution in [0.5, 0.6) is 0 Å². The molecule has 0 spiro atoms. The zero-order valence-corrected chi connectivity index (χ0v) is 16.3. The van der Waals surface area contributed by atoms with Gasteiger partial charge in [0.05, 0.1) is 11.4 Å². The van der Waals surface area contributed by atoms with Crippen LogP contribution >= 0.6 is 34.8 Å². The van der Waals surface area contributed by atoms with Crippen molar-refractivity contribution in [3.05, 3.63) is 93.9 Å². The number of hydrogen-bond acceptors (Lipinski definition) is 2. The van der Waals surface area contributed by atoms with Crippen molar-refractivity contribution >= 4 is 34.8 Å². The van der Waals surface area contributed by atoms with E-state index in [4.69, 9.17) is 44.8 Å². The van der Waals surface area contributed by atoms with E-state index >= 15 is 0 Å². The van der Waals surface area contributed by atoms with E-state index in [0.29, 0.717) is 20.9 Å². The highest BCUT2D eigenvalue weighted by atomic mass is 35.5. The van der Waals surface area contributed by atoms with Crippen molar-refractivity contribution in [2.45, 2.75) is 0 Å². The fraction of sp³-hybridized carbons (Fsp3) is 0. The Morgan fingerprint density at radius 1 is 0.481 bits per heavy atom. The first-order valence-corrected chi connectivity index (χ1v) is 9.39. The summed E-state index contributed by atoms with van der Waals surface area (Å²) in [7, 11) is 0. The fourth-order valence-electron chi connectivity index (χ4n) is 2.80. The topological polar surface area (TPSA) is 25.8 Å². The largest absolute Gasteiger partial charge is 0.228 e. The second-order valence-electron chi connectivity index (χ2n) is 5.99. The molecule has 1 aromatic heterocycles. The minimum Gasteiger partial charge on any atom is -0.228 e. The van der Waals surface area contributed by atoms with Crippen LogP contribution in [-0.4, -0.2) is 9.97 Å². The Hall–Kier alpha value is -2.39. The summed E-state index contributed by atoms with van der Waals surface area (Å²) in [4.78, 5) is 9.49. The lowest BCUT2D eigenvalue weighted by Crippen LogP contribution is -1.96. The summed E-state index contributed by atoms with van der Waals surface area (Å²) in [5.41, 5.74) is 4.22. The van der Waals surface area contributed by atoms with Crippen LogP contribution in [-0.2, 0) is 0 Å². The highest BCUT2D eigenvalue weighted by Crippen LogP contribution is 2.30. The molecule has 0 saturated carbocycles. The third kappa shape index (κ3) is 4.14. The highest BCUT2D eigenvalue weighted by molar-refractivity contribution is 6.31. The molecule has 0 N–H and O–H groups in total. The predicted octanol–water partition coefficient (Wildman–Crippen LogP) is 7.44. The van der Waals surface area contributed by atoms with Gasteiger partial charge in [0.25, 0.3) is 0 Å². The maximum Gasteiger partial charge on any atom is 0.160 e. The summed E-state index contributed by atoms with van der Waals surface area (Å²) in [6.45, 7) is 0. The van der Waals surface area contributed by atoms with Crippen molar-refractivity contribution in [3.63, 3.8) is 0 Å². The lowest BCUT2D eigenvalue weighted by atomic mass is 10.1. The van der Waals surface area contributed by atoms with E-state index in [0.717, 1.165) is 28.1 Å². The summed E-state index contributed by atoms with van der Waals surface area (Å²) >= 11 is 18.5. The molecule has 0 bridgehead atoms. The Morgan fingerprint density at radius 3 is 1.33 bits per heavy atom. The van der Waals surface area contributed by atoms with Crippen LogP contribution in [0.15, 0.2) is 78.9 Å². The van der Waals surface area contributed by atoms with E-state index in [2.05, 4.69) is 0 Å². The van der Waals surface area contributed by atoms with Gasteiger partial charge in [0.1, 0.15) is 0 Å². The molecule has 0 atom stereocenters. The standard InChI is InChI=1S/C22H13Cl3N2/c23-17-7-1-4-14(10-17)20-13-21(15-5-2-8-18(24)11-15)27-22(26-20)16-6-3-9-19(25)12-16/h1-13H. The maximum absolute atomic E-state index is 6.17. The average Bonchev–Trinajstić information content (AvgIpc) is 2.68. The Labute approximate surface area is 172 Å². The minimum atomic E-state index is 0.588. The summed E-state index contributed by atoms with van der Waals surface area (Å²) in [5, 5.41) is 1.94. The monoisotopic (exact) mass is 410 g/mol. The minimum absolute atomic E-state index is 0.588. The van der Waals surface area contributed by atoms with E-state index in [1.165, 1.54) is 0 Å². The van der Waals surface area contributed by atoms with Crippen LogP contribution in [0.25, 0.3) is 33.9 Å². The summed E-state index contributed by atoms with van der Waals surface area (Å²) in [5.74, 6) is 0.588. The normalized spacial score (nSPS) is 10.8. The Bertz CT molecular complexity index is 972. The molecular weight excluding hydrogens is 399 g/mol. The number of halogens is 3. The molecule has 0 aliphatic heterocycles. The van der Waals surface area contributed by atoms with Gasteiger partial charge in [-0.1, -0.05) is 71.2 Å². The van der Waals surface area contributed by atoms with Crippen LogP contribution in [0.3, 0.4) is 0 Å². The van der Waals surface area contributed by atoms with Gasteiger partial charge < -0.3 is 0 Å². The zero-order chi connectivity index (χ0) is 18.8. The molecule has 4 rings (SSSR count). The maximum atomic E-state index is 6.17. The molecule has 0 aliphatic carbocycles. The SMILES string of the molecule is Clc1cccc(-c2cc(-c3cccc(Cl)c3)nc(-c3cccc(Cl)c3)n2)c1. The van der Waals surface area contributed by atoms with Gasteiger partial charge >= 0.3 is 0 Å². The molecule has 0 amide bonds. The van der Waals surface area contributed by atoms with Gasteiger partial charge in [0, 0.05) is 31.8 Å². The van der Waals surface area contributed by atoms with Gasteiger partial charge in [-0.3, -0.25) is 0 Å². The first-order valence-electron chi connectivity index (χ1n) is 8.25. The predicted molar refractivity (Wildman–Crippen MR) is 113 cm³/mol. The molecule has 4 aromatic rings. The van der Waals surface area contributed by atoms with Crippen LogP contribution in [0.1, 0.15) is 0 Å². The molecule has 0 unspecified atom stereocenters. The van der Waals surface area contributed by atoms with E-state index < -0.39 is 0 Å². The molecule has 27 heavy (non-hydrogen) atoms. The quantitative estimate of drug-likeness (QED) is 0.350. The molecular formula is C22H13Cl3N2. The number of hydrogen-bond donors (Lipinski definition) is 0. The Morgan fingerprint density at radius 2 is 0.889 bits per heavy atom. The first-order chi connectivity index (χ1) is 13.1. The van der Waals surface area contributed by atoms with Crippen LogP contribution in [0, 0.1) is 0 Å². The summed E-state index contributed by atoms with van der Waals surface area (Å²) < 4.78 is 0. The molecule has 0 radical (unpaired) electrons. The van der Waals surface area contributed by atoms with Gasteiger partial charge in [0.2, 0.25) is 0 Å². The van der Waals surface area contributed by atoms with Crippen LogP contribution in [0.2, 0.25) is 15.1 Å². The molecule has 0 saturated heterocycles. The van der Waals surface area contributed by atoms with E-state index in [1.54, 1.807) is 0 Å². The van der Waals surface area contributed by atoms with Crippen molar-refractivity contribution in [2.24, 2.45) is 0 Å². The fourth-order valence-corrected chi connectivity index (χ4v) is 3.37. The molecule has 5 heteroatoms. The lowest BCUT2D eigenvalue weighted by molar-refractivity contribution is 1.18.